The number of carbonyl (C=O) groups excluding carboxylic acids is 1. The van der Waals surface area contributed by atoms with Gasteiger partial charge in [0.15, 0.2) is 0 Å². The van der Waals surface area contributed by atoms with E-state index in [1.807, 2.05) is 26.8 Å². The van der Waals surface area contributed by atoms with Crippen molar-refractivity contribution in [3.8, 4) is 17.0 Å². The van der Waals surface area contributed by atoms with E-state index < -0.39 is 5.60 Å². The number of alkyl carbamates (subject to hydrolysis) is 1. The van der Waals surface area contributed by atoms with Crippen LogP contribution in [0.2, 0.25) is 0 Å². The molecule has 2 aliphatic carbocycles. The van der Waals surface area contributed by atoms with Crippen molar-refractivity contribution in [1.82, 2.24) is 15.3 Å². The molecule has 4 rings (SSSR count). The van der Waals surface area contributed by atoms with E-state index in [2.05, 4.69) is 57.3 Å². The molecule has 0 aliphatic heterocycles. The first kappa shape index (κ1) is 31.7. The molecule has 1 aromatic carbocycles. The van der Waals surface area contributed by atoms with Gasteiger partial charge >= 0.3 is 6.09 Å². The normalized spacial score (nSPS) is 17.2. The largest absolute Gasteiger partial charge is 0.508 e. The third-order valence-electron chi connectivity index (χ3n) is 7.26. The number of ether oxygens (including phenoxy) is 1. The summed E-state index contributed by atoms with van der Waals surface area (Å²) in [5.74, 6) is 1.07. The van der Waals surface area contributed by atoms with Crippen molar-refractivity contribution in [2.75, 3.05) is 12.3 Å². The quantitative estimate of drug-likeness (QED) is 0.163. The highest BCUT2D eigenvalue weighted by atomic mass is 127. The van der Waals surface area contributed by atoms with E-state index in [1.165, 1.54) is 34.8 Å². The van der Waals surface area contributed by atoms with Gasteiger partial charge in [-0.15, -0.1) is 0 Å². The molecule has 2 aliphatic rings. The number of aromatic hydroxyl groups is 1. The number of nitrogen functional groups attached to an aromatic ring is 1. The lowest BCUT2D eigenvalue weighted by Crippen LogP contribution is -2.39. The van der Waals surface area contributed by atoms with E-state index in [0.29, 0.717) is 24.2 Å². The Hall–Kier alpha value is -1.79. The molecule has 0 bridgehead atoms. The van der Waals surface area contributed by atoms with Crippen LogP contribution in [0.25, 0.3) is 11.3 Å². The first-order chi connectivity index (χ1) is 18.3. The molecule has 0 saturated heterocycles. The maximum atomic E-state index is 11.4. The standard InChI is InChI=1S/C18H22IN3O2S.C11H21NO2/c1-10(6-7-24-25-19)14-12-8-18(2,3)15-16(21-9-22-17(15)20)11(12)4-5-13(14)23;1-11(2,3)14-10(13)12-9-7-5-4-6-8-9/h4-5,9-10,23H,6-8H2,1-3H3,(H2,20,21,22);9H,4-8H2,1-3H3,(H,12,13). The number of nitrogens with zero attached hydrogens (tertiary/aromatic N) is 2. The van der Waals surface area contributed by atoms with Crippen LogP contribution in [0.4, 0.5) is 10.6 Å². The van der Waals surface area contributed by atoms with Gasteiger partial charge in [0.2, 0.25) is 0 Å². The zero-order valence-electron chi connectivity index (χ0n) is 24.0. The number of aromatic nitrogens is 2. The summed E-state index contributed by atoms with van der Waals surface area (Å²) in [5, 5.41) is 13.5. The maximum Gasteiger partial charge on any atom is 0.407 e. The van der Waals surface area contributed by atoms with Gasteiger partial charge in [-0.25, -0.2) is 14.8 Å². The fourth-order valence-corrected chi connectivity index (χ4v) is 6.24. The Kier molecular flexibility index (Phi) is 11.2. The van der Waals surface area contributed by atoms with Crippen LogP contribution in [0.15, 0.2) is 18.5 Å². The van der Waals surface area contributed by atoms with Gasteiger partial charge in [0.25, 0.3) is 0 Å². The number of phenolic OH excluding ortho intramolecular Hbond substituents is 1. The summed E-state index contributed by atoms with van der Waals surface area (Å²) < 4.78 is 10.6. The summed E-state index contributed by atoms with van der Waals surface area (Å²) in [5.41, 5.74) is 10.7. The van der Waals surface area contributed by atoms with Gasteiger partial charge in [0.1, 0.15) is 23.5 Å². The predicted octanol–water partition coefficient (Wildman–Crippen LogP) is 7.62. The van der Waals surface area contributed by atoms with Gasteiger partial charge in [0.05, 0.1) is 21.5 Å². The lowest BCUT2D eigenvalue weighted by molar-refractivity contribution is 0.0493. The minimum Gasteiger partial charge on any atom is -0.508 e. The maximum absolute atomic E-state index is 11.4. The molecule has 10 heteroatoms. The Bertz CT molecular complexity index is 1130. The second-order valence-corrected chi connectivity index (χ2v) is 13.6. The highest BCUT2D eigenvalue weighted by molar-refractivity contribution is 14.2. The highest BCUT2D eigenvalue weighted by Gasteiger charge is 2.36. The number of fused-ring (bicyclic) bond motifs is 3. The van der Waals surface area contributed by atoms with Crippen LogP contribution in [-0.4, -0.2) is 39.4 Å². The number of nitrogens with two attached hydrogens (primary N) is 1. The number of anilines is 1. The van der Waals surface area contributed by atoms with Crippen LogP contribution in [0, 0.1) is 0 Å². The number of phenols is 1. The van der Waals surface area contributed by atoms with E-state index in [9.17, 15) is 9.90 Å². The van der Waals surface area contributed by atoms with E-state index >= 15 is 0 Å². The molecule has 2 aromatic rings. The van der Waals surface area contributed by atoms with Crippen LogP contribution >= 0.6 is 30.4 Å². The van der Waals surface area contributed by atoms with Gasteiger partial charge in [-0.1, -0.05) is 40.0 Å². The van der Waals surface area contributed by atoms with E-state index in [1.54, 1.807) is 6.07 Å². The molecule has 1 unspecified atom stereocenters. The number of benzene rings is 1. The molecule has 1 fully saturated rings. The summed E-state index contributed by atoms with van der Waals surface area (Å²) in [7, 11) is 1.34. The second kappa shape index (κ2) is 13.7. The zero-order valence-corrected chi connectivity index (χ0v) is 26.9. The van der Waals surface area contributed by atoms with Crippen molar-refractivity contribution in [2.24, 2.45) is 0 Å². The third kappa shape index (κ3) is 8.60. The molecule has 216 valence electrons. The molecule has 1 heterocycles. The Morgan fingerprint density at radius 3 is 2.59 bits per heavy atom. The van der Waals surface area contributed by atoms with E-state index in [-0.39, 0.29) is 17.4 Å². The lowest BCUT2D eigenvalue weighted by Gasteiger charge is -2.35. The van der Waals surface area contributed by atoms with Crippen molar-refractivity contribution in [1.29, 1.82) is 0 Å². The molecule has 1 aromatic heterocycles. The van der Waals surface area contributed by atoms with E-state index in [4.69, 9.17) is 14.7 Å². The summed E-state index contributed by atoms with van der Waals surface area (Å²) in [6.07, 6.45) is 8.82. The minimum atomic E-state index is -0.390. The number of nitrogens with one attached hydrogen (secondary N) is 1. The Morgan fingerprint density at radius 2 is 1.95 bits per heavy atom. The number of hydrogen-bond acceptors (Lipinski definition) is 8. The van der Waals surface area contributed by atoms with Crippen molar-refractivity contribution >= 4 is 42.3 Å². The Balaban J connectivity index is 0.000000255. The average molecular weight is 671 g/mol. The number of amides is 1. The highest BCUT2D eigenvalue weighted by Crippen LogP contribution is 2.48. The Labute approximate surface area is 249 Å². The van der Waals surface area contributed by atoms with Crippen LogP contribution in [0.3, 0.4) is 0 Å². The summed E-state index contributed by atoms with van der Waals surface area (Å²) in [6, 6.07) is 4.04. The lowest BCUT2D eigenvalue weighted by atomic mass is 9.69. The first-order valence-electron chi connectivity index (χ1n) is 13.7. The van der Waals surface area contributed by atoms with Crippen molar-refractivity contribution in [3.63, 3.8) is 0 Å². The molecule has 39 heavy (non-hydrogen) atoms. The van der Waals surface area contributed by atoms with Crippen LogP contribution in [0.5, 0.6) is 5.75 Å². The van der Waals surface area contributed by atoms with Gasteiger partial charge in [-0.2, -0.15) is 0 Å². The van der Waals surface area contributed by atoms with Crippen LogP contribution in [-0.2, 0) is 20.8 Å². The van der Waals surface area contributed by atoms with Crippen molar-refractivity contribution in [3.05, 3.63) is 35.2 Å². The minimum absolute atomic E-state index is 0.190. The topological polar surface area (TPSA) is 120 Å². The average Bonchev–Trinajstić information content (AvgIpc) is 2.83. The molecule has 1 atom stereocenters. The van der Waals surface area contributed by atoms with Crippen LogP contribution < -0.4 is 11.1 Å². The monoisotopic (exact) mass is 670 g/mol. The third-order valence-corrected chi connectivity index (χ3v) is 8.28. The zero-order chi connectivity index (χ0) is 28.8. The van der Waals surface area contributed by atoms with E-state index in [0.717, 1.165) is 53.6 Å². The molecular formula is C29H43IN4O4S. The molecule has 0 spiro atoms. The van der Waals surface area contributed by atoms with Gasteiger partial charge in [0, 0.05) is 43.9 Å². The Morgan fingerprint density at radius 1 is 1.26 bits per heavy atom. The van der Waals surface area contributed by atoms with Crippen LogP contribution in [0.1, 0.15) is 103 Å². The predicted molar refractivity (Wildman–Crippen MR) is 167 cm³/mol. The first-order valence-corrected chi connectivity index (χ1v) is 17.0. The summed E-state index contributed by atoms with van der Waals surface area (Å²) >= 11 is 2.12. The van der Waals surface area contributed by atoms with Gasteiger partial charge in [-0.05, 0) is 75.5 Å². The molecule has 0 radical (unpaired) electrons. The summed E-state index contributed by atoms with van der Waals surface area (Å²) in [6.45, 7) is 12.7. The number of hydrogen-bond donors (Lipinski definition) is 3. The SMILES string of the molecule is CC(C)(C)OC(=O)NC1CCCCC1.CC(CCOSI)c1c(O)ccc2c1CC(C)(C)c1c(N)ncnc1-2. The molecule has 1 amide bonds. The second-order valence-electron chi connectivity index (χ2n) is 12.1. The van der Waals surface area contributed by atoms with Gasteiger partial charge in [-0.3, -0.25) is 0 Å². The fraction of sp³-hybridized carbons (Fsp3) is 0.621. The van der Waals surface area contributed by atoms with Gasteiger partial charge < -0.3 is 25.1 Å². The number of carbonyl (C=O) groups is 1. The molecule has 4 N–H and O–H groups in total. The summed E-state index contributed by atoms with van der Waals surface area (Å²) in [4.78, 5) is 20.1. The van der Waals surface area contributed by atoms with Crippen molar-refractivity contribution in [2.45, 2.75) is 109 Å². The molecular weight excluding hydrogens is 627 g/mol. The fourth-order valence-electron chi connectivity index (χ4n) is 5.54. The molecule has 8 nitrogen and oxygen atoms in total. The number of halogens is 1. The molecule has 1 saturated carbocycles. The smallest absolute Gasteiger partial charge is 0.407 e. The van der Waals surface area contributed by atoms with Crippen molar-refractivity contribution < 1.29 is 18.8 Å². The number of rotatable bonds is 6.